The Hall–Kier alpha value is -2.30. The van der Waals surface area contributed by atoms with Crippen molar-refractivity contribution in [3.8, 4) is 5.75 Å². The van der Waals surface area contributed by atoms with Crippen LogP contribution in [0.4, 0.5) is 0 Å². The van der Waals surface area contributed by atoms with Crippen molar-refractivity contribution >= 4 is 22.8 Å². The first-order chi connectivity index (χ1) is 10.1. The van der Waals surface area contributed by atoms with Crippen LogP contribution in [0.5, 0.6) is 5.75 Å². The zero-order valence-corrected chi connectivity index (χ0v) is 12.4. The summed E-state index contributed by atoms with van der Waals surface area (Å²) in [6.07, 6.45) is 3.80. The van der Waals surface area contributed by atoms with Gasteiger partial charge in [-0.05, 0) is 24.5 Å². The molecule has 0 atom stereocenters. The highest BCUT2D eigenvalue weighted by atomic mass is 16.5. The number of rotatable bonds is 6. The summed E-state index contributed by atoms with van der Waals surface area (Å²) in [6, 6.07) is 5.63. The fourth-order valence-corrected chi connectivity index (χ4v) is 2.23. The van der Waals surface area contributed by atoms with E-state index in [0.717, 1.165) is 29.3 Å². The summed E-state index contributed by atoms with van der Waals surface area (Å²) in [7, 11) is 0. The number of para-hydroxylation sites is 1. The number of esters is 1. The van der Waals surface area contributed by atoms with Crippen LogP contribution in [-0.4, -0.2) is 23.4 Å². The smallest absolute Gasteiger partial charge is 0.311 e. The molecule has 0 aliphatic rings. The number of hydrogen-bond donors (Lipinski definition) is 2. The highest BCUT2D eigenvalue weighted by molar-refractivity contribution is 5.90. The van der Waals surface area contributed by atoms with Crippen molar-refractivity contribution in [2.24, 2.45) is 0 Å². The van der Waals surface area contributed by atoms with Crippen LogP contribution in [0.1, 0.15) is 32.3 Å². The number of amides is 1. The summed E-state index contributed by atoms with van der Waals surface area (Å²) in [4.78, 5) is 25.7. The predicted octanol–water partition coefficient (Wildman–Crippen LogP) is 2.55. The standard InChI is InChI=1S/C16H20N2O3/c1-3-5-15(20)21-14-7-4-6-13-12(10-18-16(13)14)8-9-17-11(2)19/h4,6-7,10,18H,3,5,8-9H2,1-2H3,(H,17,19). The minimum atomic E-state index is -0.223. The molecule has 1 amide bonds. The van der Waals surface area contributed by atoms with Gasteiger partial charge in [0, 0.05) is 31.5 Å². The van der Waals surface area contributed by atoms with E-state index < -0.39 is 0 Å². The second-order valence-corrected chi connectivity index (χ2v) is 4.95. The maximum absolute atomic E-state index is 11.6. The van der Waals surface area contributed by atoms with Crippen LogP contribution < -0.4 is 10.1 Å². The lowest BCUT2D eigenvalue weighted by Crippen LogP contribution is -2.22. The summed E-state index contributed by atoms with van der Waals surface area (Å²) in [5, 5.41) is 3.79. The molecule has 2 N–H and O–H groups in total. The van der Waals surface area contributed by atoms with Crippen LogP contribution in [0.2, 0.25) is 0 Å². The van der Waals surface area contributed by atoms with Crippen molar-refractivity contribution in [2.45, 2.75) is 33.1 Å². The zero-order chi connectivity index (χ0) is 15.2. The average Bonchev–Trinajstić information content (AvgIpc) is 2.83. The Labute approximate surface area is 123 Å². The van der Waals surface area contributed by atoms with E-state index in [0.29, 0.717) is 18.7 Å². The third kappa shape index (κ3) is 3.84. The maximum atomic E-state index is 11.6. The highest BCUT2D eigenvalue weighted by Crippen LogP contribution is 2.27. The van der Waals surface area contributed by atoms with Gasteiger partial charge >= 0.3 is 5.97 Å². The molecule has 0 saturated heterocycles. The Morgan fingerprint density at radius 2 is 2.14 bits per heavy atom. The molecule has 0 saturated carbocycles. The molecule has 1 aromatic heterocycles. The van der Waals surface area contributed by atoms with Crippen LogP contribution in [-0.2, 0) is 16.0 Å². The van der Waals surface area contributed by atoms with Crippen LogP contribution in [0, 0.1) is 0 Å². The van der Waals surface area contributed by atoms with E-state index in [1.165, 1.54) is 6.92 Å². The number of H-pyrrole nitrogens is 1. The second kappa shape index (κ2) is 6.92. The summed E-state index contributed by atoms with van der Waals surface area (Å²) < 4.78 is 5.38. The molecule has 5 heteroatoms. The SMILES string of the molecule is CCCC(=O)Oc1cccc2c(CCNC(C)=O)c[nH]c12. The van der Waals surface area contributed by atoms with E-state index in [4.69, 9.17) is 4.74 Å². The van der Waals surface area contributed by atoms with Gasteiger partial charge in [-0.2, -0.15) is 0 Å². The summed E-state index contributed by atoms with van der Waals surface area (Å²) in [5.74, 6) is 0.292. The number of benzene rings is 1. The van der Waals surface area contributed by atoms with Crippen molar-refractivity contribution in [3.63, 3.8) is 0 Å². The molecule has 0 spiro atoms. The van der Waals surface area contributed by atoms with Crippen molar-refractivity contribution < 1.29 is 14.3 Å². The van der Waals surface area contributed by atoms with Crippen molar-refractivity contribution in [3.05, 3.63) is 30.0 Å². The maximum Gasteiger partial charge on any atom is 0.311 e. The summed E-state index contributed by atoms with van der Waals surface area (Å²) in [6.45, 7) is 4.03. The van der Waals surface area contributed by atoms with Gasteiger partial charge < -0.3 is 15.0 Å². The van der Waals surface area contributed by atoms with E-state index in [-0.39, 0.29) is 11.9 Å². The lowest BCUT2D eigenvalue weighted by Gasteiger charge is -2.05. The normalized spacial score (nSPS) is 10.6. The first-order valence-corrected chi connectivity index (χ1v) is 7.16. The van der Waals surface area contributed by atoms with E-state index in [1.807, 2.05) is 25.3 Å². The number of ether oxygens (including phenoxy) is 1. The van der Waals surface area contributed by atoms with Crippen LogP contribution in [0.3, 0.4) is 0 Å². The quantitative estimate of drug-likeness (QED) is 0.634. The Morgan fingerprint density at radius 3 is 2.86 bits per heavy atom. The van der Waals surface area contributed by atoms with Crippen LogP contribution in [0.25, 0.3) is 10.9 Å². The highest BCUT2D eigenvalue weighted by Gasteiger charge is 2.11. The number of carbonyl (C=O) groups excluding carboxylic acids is 2. The monoisotopic (exact) mass is 288 g/mol. The minimum Gasteiger partial charge on any atom is -0.424 e. The van der Waals surface area contributed by atoms with Gasteiger partial charge in [0.2, 0.25) is 5.91 Å². The second-order valence-electron chi connectivity index (χ2n) is 4.95. The average molecular weight is 288 g/mol. The molecule has 0 fully saturated rings. The lowest BCUT2D eigenvalue weighted by atomic mass is 10.1. The molecule has 0 bridgehead atoms. The van der Waals surface area contributed by atoms with E-state index >= 15 is 0 Å². The van der Waals surface area contributed by atoms with Crippen molar-refractivity contribution in [1.29, 1.82) is 0 Å². The third-order valence-corrected chi connectivity index (χ3v) is 3.21. The van der Waals surface area contributed by atoms with Crippen molar-refractivity contribution in [1.82, 2.24) is 10.3 Å². The summed E-state index contributed by atoms with van der Waals surface area (Å²) >= 11 is 0. The van der Waals surface area contributed by atoms with Gasteiger partial charge in [0.05, 0.1) is 5.52 Å². The number of nitrogens with one attached hydrogen (secondary N) is 2. The molecule has 0 aliphatic carbocycles. The predicted molar refractivity (Wildman–Crippen MR) is 81.2 cm³/mol. The summed E-state index contributed by atoms with van der Waals surface area (Å²) in [5.41, 5.74) is 1.91. The van der Waals surface area contributed by atoms with Gasteiger partial charge in [0.25, 0.3) is 0 Å². The van der Waals surface area contributed by atoms with E-state index in [2.05, 4.69) is 10.3 Å². The molecule has 0 radical (unpaired) electrons. The van der Waals surface area contributed by atoms with Gasteiger partial charge in [-0.15, -0.1) is 0 Å². The molecular weight excluding hydrogens is 268 g/mol. The molecule has 0 aliphatic heterocycles. The van der Waals surface area contributed by atoms with Gasteiger partial charge in [-0.1, -0.05) is 19.1 Å². The van der Waals surface area contributed by atoms with Crippen molar-refractivity contribution in [2.75, 3.05) is 6.54 Å². The number of fused-ring (bicyclic) bond motifs is 1. The first kappa shape index (κ1) is 15.1. The molecule has 2 rings (SSSR count). The van der Waals surface area contributed by atoms with E-state index in [1.54, 1.807) is 6.07 Å². The molecule has 1 heterocycles. The molecular formula is C16H20N2O3. The van der Waals surface area contributed by atoms with Gasteiger partial charge in [0.15, 0.2) is 5.75 Å². The third-order valence-electron chi connectivity index (χ3n) is 3.21. The number of hydrogen-bond acceptors (Lipinski definition) is 3. The Morgan fingerprint density at radius 1 is 1.33 bits per heavy atom. The first-order valence-electron chi connectivity index (χ1n) is 7.16. The molecule has 1 aromatic carbocycles. The van der Waals surface area contributed by atoms with E-state index in [9.17, 15) is 9.59 Å². The Bertz CT molecular complexity index is 646. The van der Waals surface area contributed by atoms with Gasteiger partial charge in [0.1, 0.15) is 0 Å². The minimum absolute atomic E-state index is 0.0379. The number of aromatic amines is 1. The van der Waals surface area contributed by atoms with Gasteiger partial charge in [-0.3, -0.25) is 9.59 Å². The van der Waals surface area contributed by atoms with Crippen LogP contribution in [0.15, 0.2) is 24.4 Å². The zero-order valence-electron chi connectivity index (χ0n) is 12.4. The molecule has 5 nitrogen and oxygen atoms in total. The Kier molecular flexibility index (Phi) is 4.98. The molecule has 21 heavy (non-hydrogen) atoms. The topological polar surface area (TPSA) is 71.2 Å². The number of aromatic nitrogens is 1. The molecule has 2 aromatic rings. The largest absolute Gasteiger partial charge is 0.424 e. The Balaban J connectivity index is 2.16. The number of carbonyl (C=O) groups is 2. The van der Waals surface area contributed by atoms with Crippen LogP contribution >= 0.6 is 0 Å². The lowest BCUT2D eigenvalue weighted by molar-refractivity contribution is -0.134. The van der Waals surface area contributed by atoms with Gasteiger partial charge in [-0.25, -0.2) is 0 Å². The molecule has 112 valence electrons. The fraction of sp³-hybridized carbons (Fsp3) is 0.375. The fourth-order valence-electron chi connectivity index (χ4n) is 2.23. The molecule has 0 unspecified atom stereocenters.